The van der Waals surface area contributed by atoms with E-state index in [2.05, 4.69) is 33.0 Å². The van der Waals surface area contributed by atoms with Crippen LogP contribution in [0.25, 0.3) is 11.1 Å². The molecule has 6 nitrogen and oxygen atoms in total. The van der Waals surface area contributed by atoms with E-state index in [0.717, 1.165) is 11.1 Å². The lowest BCUT2D eigenvalue weighted by Crippen LogP contribution is -2.44. The summed E-state index contributed by atoms with van der Waals surface area (Å²) in [5, 5.41) is 0.586. The van der Waals surface area contributed by atoms with Gasteiger partial charge in [-0.3, -0.25) is 4.57 Å². The predicted molar refractivity (Wildman–Crippen MR) is 119 cm³/mol. The Labute approximate surface area is 184 Å². The Morgan fingerprint density at radius 3 is 2.33 bits per heavy atom. The molecule has 3 aromatic rings. The van der Waals surface area contributed by atoms with Crippen LogP contribution in [0.5, 0.6) is 5.75 Å². The average molecular weight is 473 g/mol. The van der Waals surface area contributed by atoms with Gasteiger partial charge < -0.3 is 14.2 Å². The van der Waals surface area contributed by atoms with E-state index >= 15 is 0 Å². The topological polar surface area (TPSA) is 62.6 Å². The van der Waals surface area contributed by atoms with Crippen LogP contribution in [0, 0.1) is 5.41 Å². The monoisotopic (exact) mass is 472 g/mol. The minimum atomic E-state index is -0.762. The SMILES string of the molecule is COC(=O)OC(C(Oc1ccc(-c2ccccc2)cc1)n1ccnc1)C(C)(C)CBr. The minimum absolute atomic E-state index is 0.451. The molecule has 0 saturated heterocycles. The quantitative estimate of drug-likeness (QED) is 0.310. The maximum Gasteiger partial charge on any atom is 0.508 e. The van der Waals surface area contributed by atoms with Crippen molar-refractivity contribution in [2.45, 2.75) is 26.2 Å². The smallest absolute Gasteiger partial charge is 0.466 e. The first-order chi connectivity index (χ1) is 14.4. The van der Waals surface area contributed by atoms with Gasteiger partial charge in [0.25, 0.3) is 0 Å². The van der Waals surface area contributed by atoms with Crippen LogP contribution in [0.1, 0.15) is 20.1 Å². The number of aromatic nitrogens is 2. The number of hydrogen-bond donors (Lipinski definition) is 0. The van der Waals surface area contributed by atoms with E-state index in [1.807, 2.05) is 56.3 Å². The zero-order valence-corrected chi connectivity index (χ0v) is 18.8. The van der Waals surface area contributed by atoms with Gasteiger partial charge in [-0.15, -0.1) is 0 Å². The second-order valence-corrected chi connectivity index (χ2v) is 8.08. The standard InChI is InChI=1S/C23H25BrN2O4/c1-23(2,15-24)20(30-22(27)28-3)21(26-14-13-25-16-26)29-19-11-9-18(10-12-19)17-7-5-4-6-8-17/h4-14,16,20-21H,15H2,1-3H3. The van der Waals surface area contributed by atoms with Crippen LogP contribution in [0.3, 0.4) is 0 Å². The normalized spacial score (nSPS) is 13.3. The van der Waals surface area contributed by atoms with E-state index in [1.54, 1.807) is 23.3 Å². The summed E-state index contributed by atoms with van der Waals surface area (Å²) >= 11 is 3.52. The van der Waals surface area contributed by atoms with Crippen LogP contribution in [-0.2, 0) is 9.47 Å². The van der Waals surface area contributed by atoms with Crippen molar-refractivity contribution in [1.82, 2.24) is 9.55 Å². The van der Waals surface area contributed by atoms with E-state index in [0.29, 0.717) is 11.1 Å². The maximum atomic E-state index is 12.0. The molecule has 2 aromatic carbocycles. The molecule has 7 heteroatoms. The number of rotatable bonds is 8. The van der Waals surface area contributed by atoms with Gasteiger partial charge in [-0.1, -0.05) is 72.2 Å². The molecule has 0 aliphatic heterocycles. The number of benzene rings is 2. The molecule has 0 aliphatic rings. The van der Waals surface area contributed by atoms with Crippen LogP contribution < -0.4 is 4.74 Å². The van der Waals surface area contributed by atoms with Crippen molar-refractivity contribution in [3.8, 4) is 16.9 Å². The van der Waals surface area contributed by atoms with Gasteiger partial charge in [0.2, 0.25) is 6.23 Å². The second-order valence-electron chi connectivity index (χ2n) is 7.52. The molecule has 3 rings (SSSR count). The van der Waals surface area contributed by atoms with Crippen molar-refractivity contribution < 1.29 is 19.0 Å². The van der Waals surface area contributed by atoms with E-state index in [4.69, 9.17) is 14.2 Å². The highest BCUT2D eigenvalue weighted by atomic mass is 79.9. The molecular weight excluding hydrogens is 448 g/mol. The Balaban J connectivity index is 1.91. The van der Waals surface area contributed by atoms with Crippen LogP contribution in [0.2, 0.25) is 0 Å². The van der Waals surface area contributed by atoms with Gasteiger partial charge in [-0.05, 0) is 23.3 Å². The first-order valence-electron chi connectivity index (χ1n) is 9.55. The van der Waals surface area contributed by atoms with Crippen LogP contribution in [0.4, 0.5) is 4.79 Å². The molecular formula is C23H25BrN2O4. The molecule has 0 amide bonds. The third kappa shape index (κ3) is 5.21. The number of methoxy groups -OCH3 is 1. The zero-order chi connectivity index (χ0) is 21.6. The van der Waals surface area contributed by atoms with Crippen LogP contribution in [0.15, 0.2) is 73.3 Å². The lowest BCUT2D eigenvalue weighted by molar-refractivity contribution is -0.0892. The van der Waals surface area contributed by atoms with Gasteiger partial charge in [0.05, 0.1) is 13.4 Å². The van der Waals surface area contributed by atoms with Crippen molar-refractivity contribution in [1.29, 1.82) is 0 Å². The number of ether oxygens (including phenoxy) is 3. The number of nitrogens with zero attached hydrogens (tertiary/aromatic N) is 2. The predicted octanol–water partition coefficient (Wildman–Crippen LogP) is 5.70. The Morgan fingerprint density at radius 2 is 1.77 bits per heavy atom. The number of carbonyl (C=O) groups excluding carboxylic acids is 1. The third-order valence-electron chi connectivity index (χ3n) is 4.80. The molecule has 0 saturated carbocycles. The van der Waals surface area contributed by atoms with Crippen LogP contribution >= 0.6 is 15.9 Å². The first kappa shape index (κ1) is 21.9. The van der Waals surface area contributed by atoms with Crippen molar-refractivity contribution in [3.05, 3.63) is 73.3 Å². The summed E-state index contributed by atoms with van der Waals surface area (Å²) in [4.78, 5) is 16.1. The Bertz CT molecular complexity index is 928. The van der Waals surface area contributed by atoms with Gasteiger partial charge in [0, 0.05) is 23.1 Å². The Kier molecular flexibility index (Phi) is 7.15. The summed E-state index contributed by atoms with van der Waals surface area (Å²) in [6.07, 6.45) is 3.03. The average Bonchev–Trinajstić information content (AvgIpc) is 3.31. The molecule has 1 aromatic heterocycles. The number of carbonyl (C=O) groups is 1. The number of hydrogen-bond acceptors (Lipinski definition) is 5. The molecule has 0 N–H and O–H groups in total. The molecule has 1 heterocycles. The van der Waals surface area contributed by atoms with E-state index in [1.165, 1.54) is 7.11 Å². The highest BCUT2D eigenvalue weighted by Crippen LogP contribution is 2.36. The summed E-state index contributed by atoms with van der Waals surface area (Å²) < 4.78 is 18.5. The molecule has 0 fully saturated rings. The molecule has 0 bridgehead atoms. The highest BCUT2D eigenvalue weighted by molar-refractivity contribution is 9.09. The fraction of sp³-hybridized carbons (Fsp3) is 0.304. The molecule has 0 aliphatic carbocycles. The summed E-state index contributed by atoms with van der Waals surface area (Å²) in [5.41, 5.74) is 1.76. The van der Waals surface area contributed by atoms with Gasteiger partial charge in [0.15, 0.2) is 6.10 Å². The molecule has 0 radical (unpaired) electrons. The second kappa shape index (κ2) is 9.80. The van der Waals surface area contributed by atoms with E-state index < -0.39 is 23.9 Å². The van der Waals surface area contributed by atoms with Gasteiger partial charge in [-0.2, -0.15) is 0 Å². The number of alkyl halides is 1. The Morgan fingerprint density at radius 1 is 1.10 bits per heavy atom. The molecule has 30 heavy (non-hydrogen) atoms. The van der Waals surface area contributed by atoms with Crippen molar-refractivity contribution in [2.24, 2.45) is 5.41 Å². The molecule has 0 spiro atoms. The number of imidazole rings is 1. The Hall–Kier alpha value is -2.80. The minimum Gasteiger partial charge on any atom is -0.466 e. The largest absolute Gasteiger partial charge is 0.508 e. The summed E-state index contributed by atoms with van der Waals surface area (Å²) in [7, 11) is 1.29. The summed E-state index contributed by atoms with van der Waals surface area (Å²) in [6, 6.07) is 17.9. The lowest BCUT2D eigenvalue weighted by Gasteiger charge is -2.37. The lowest BCUT2D eigenvalue weighted by atomic mass is 9.87. The molecule has 2 unspecified atom stereocenters. The molecule has 158 valence electrons. The van der Waals surface area contributed by atoms with Gasteiger partial charge >= 0.3 is 6.16 Å². The van der Waals surface area contributed by atoms with Crippen molar-refractivity contribution >= 4 is 22.1 Å². The maximum absolute atomic E-state index is 12.0. The summed E-state index contributed by atoms with van der Waals surface area (Å²) in [5.74, 6) is 0.650. The van der Waals surface area contributed by atoms with Crippen molar-refractivity contribution in [2.75, 3.05) is 12.4 Å². The highest BCUT2D eigenvalue weighted by Gasteiger charge is 2.41. The third-order valence-corrected chi connectivity index (χ3v) is 6.25. The zero-order valence-electron chi connectivity index (χ0n) is 17.2. The van der Waals surface area contributed by atoms with Gasteiger partial charge in [0.1, 0.15) is 5.75 Å². The van der Waals surface area contributed by atoms with Crippen LogP contribution in [-0.4, -0.2) is 34.3 Å². The van der Waals surface area contributed by atoms with E-state index in [-0.39, 0.29) is 0 Å². The first-order valence-corrected chi connectivity index (χ1v) is 10.7. The number of halogens is 1. The fourth-order valence-corrected chi connectivity index (χ4v) is 3.35. The van der Waals surface area contributed by atoms with E-state index in [9.17, 15) is 4.79 Å². The van der Waals surface area contributed by atoms with Crippen molar-refractivity contribution in [3.63, 3.8) is 0 Å². The van der Waals surface area contributed by atoms with Gasteiger partial charge in [-0.25, -0.2) is 9.78 Å². The molecule has 2 atom stereocenters. The summed E-state index contributed by atoms with van der Waals surface area (Å²) in [6.45, 7) is 3.97. The fourth-order valence-electron chi connectivity index (χ4n) is 3.03.